The molecule has 1 aliphatic heterocycles. The molecule has 0 bridgehead atoms. The lowest BCUT2D eigenvalue weighted by Gasteiger charge is -2.27. The molecule has 1 aromatic heterocycles. The lowest BCUT2D eigenvalue weighted by atomic mass is 10.1. The van der Waals surface area contributed by atoms with Crippen molar-refractivity contribution in [2.75, 3.05) is 48.8 Å². The van der Waals surface area contributed by atoms with Crippen molar-refractivity contribution in [3.05, 3.63) is 63.2 Å². The Morgan fingerprint density at radius 3 is 2.56 bits per heavy atom. The fourth-order valence-corrected chi connectivity index (χ4v) is 5.22. The topological polar surface area (TPSA) is 109 Å². The molecule has 2 aromatic carbocycles. The number of carbonyl (C=O) groups is 2. The number of aryl methyl sites for hydroxylation is 1. The Morgan fingerprint density at radius 1 is 1.10 bits per heavy atom. The quantitative estimate of drug-likeness (QED) is 0.307. The first-order chi connectivity index (χ1) is 19.4. The largest absolute Gasteiger partial charge is 0.480 e. The number of nitrogens with zero attached hydrogens (tertiary/aromatic N) is 4. The van der Waals surface area contributed by atoms with Gasteiger partial charge in [-0.2, -0.15) is 4.98 Å². The van der Waals surface area contributed by atoms with Crippen LogP contribution in [-0.2, 0) is 4.74 Å². The van der Waals surface area contributed by atoms with E-state index in [0.717, 1.165) is 29.9 Å². The zero-order chi connectivity index (χ0) is 29.7. The molecular formula is C29H34BrClN6O4. The van der Waals surface area contributed by atoms with Crippen LogP contribution in [0.1, 0.15) is 43.1 Å². The maximum Gasteiger partial charge on any atom is 0.410 e. The van der Waals surface area contributed by atoms with Gasteiger partial charge in [-0.05, 0) is 85.9 Å². The molecule has 4 rings (SSSR count). The van der Waals surface area contributed by atoms with E-state index in [2.05, 4.69) is 41.4 Å². The normalized spacial score (nSPS) is 13.8. The molecule has 2 N–H and O–H groups in total. The van der Waals surface area contributed by atoms with Crippen molar-refractivity contribution in [2.45, 2.75) is 39.7 Å². The second kappa shape index (κ2) is 12.9. The number of aromatic nitrogens is 2. The first-order valence-corrected chi connectivity index (χ1v) is 14.4. The number of carbonyl (C=O) groups excluding carboxylic acids is 2. The fraction of sp³-hybridized carbons (Fsp3) is 0.379. The highest BCUT2D eigenvalue weighted by molar-refractivity contribution is 9.10. The van der Waals surface area contributed by atoms with Crippen LogP contribution in [0.2, 0.25) is 5.02 Å². The number of hydrogen-bond acceptors (Lipinski definition) is 8. The Kier molecular flexibility index (Phi) is 9.60. The Hall–Kier alpha value is -3.57. The third-order valence-electron chi connectivity index (χ3n) is 6.33. The van der Waals surface area contributed by atoms with Gasteiger partial charge in [0.25, 0.3) is 5.91 Å². The maximum absolute atomic E-state index is 12.9. The number of ether oxygens (including phenoxy) is 2. The van der Waals surface area contributed by atoms with Gasteiger partial charge in [-0.15, -0.1) is 0 Å². The van der Waals surface area contributed by atoms with Crippen molar-refractivity contribution >= 4 is 62.5 Å². The predicted molar refractivity (Wildman–Crippen MR) is 165 cm³/mol. The van der Waals surface area contributed by atoms with Gasteiger partial charge in [-0.25, -0.2) is 9.78 Å². The number of anilines is 4. The van der Waals surface area contributed by atoms with Crippen LogP contribution in [0.4, 0.5) is 27.8 Å². The predicted octanol–water partition coefficient (Wildman–Crippen LogP) is 6.65. The van der Waals surface area contributed by atoms with E-state index in [-0.39, 0.29) is 23.5 Å². The van der Waals surface area contributed by atoms with E-state index in [1.165, 1.54) is 13.3 Å². The molecule has 0 unspecified atom stereocenters. The van der Waals surface area contributed by atoms with E-state index in [4.69, 9.17) is 21.1 Å². The first kappa shape index (κ1) is 30.4. The molecule has 218 valence electrons. The SMILES string of the molecule is COc1nc(Nc2ccc(N3CCCN(C(=O)OC(C)(C)C)CC3)c(C)c2)ncc1C(=O)Nc1c(Cl)cccc1Br. The number of amides is 2. The lowest BCUT2D eigenvalue weighted by Crippen LogP contribution is -2.39. The Labute approximate surface area is 253 Å². The van der Waals surface area contributed by atoms with Crippen molar-refractivity contribution in [1.29, 1.82) is 0 Å². The van der Waals surface area contributed by atoms with Crippen molar-refractivity contribution in [3.8, 4) is 5.88 Å². The van der Waals surface area contributed by atoms with Crippen molar-refractivity contribution in [2.24, 2.45) is 0 Å². The Balaban J connectivity index is 1.43. The molecule has 1 fully saturated rings. The van der Waals surface area contributed by atoms with E-state index in [9.17, 15) is 9.59 Å². The molecule has 1 aliphatic rings. The summed E-state index contributed by atoms with van der Waals surface area (Å²) in [4.78, 5) is 38.3. The summed E-state index contributed by atoms with van der Waals surface area (Å²) in [5, 5.41) is 6.36. The second-order valence-corrected chi connectivity index (χ2v) is 11.9. The summed E-state index contributed by atoms with van der Waals surface area (Å²) in [7, 11) is 1.44. The first-order valence-electron chi connectivity index (χ1n) is 13.2. The number of methoxy groups -OCH3 is 1. The van der Waals surface area contributed by atoms with E-state index < -0.39 is 11.5 Å². The van der Waals surface area contributed by atoms with E-state index in [0.29, 0.717) is 34.8 Å². The molecule has 0 atom stereocenters. The average Bonchev–Trinajstić information content (AvgIpc) is 3.16. The molecule has 0 saturated carbocycles. The maximum atomic E-state index is 12.9. The van der Waals surface area contributed by atoms with Crippen molar-refractivity contribution < 1.29 is 19.1 Å². The highest BCUT2D eigenvalue weighted by Gasteiger charge is 2.25. The minimum Gasteiger partial charge on any atom is -0.480 e. The van der Waals surface area contributed by atoms with Gasteiger partial charge in [0, 0.05) is 48.2 Å². The zero-order valence-electron chi connectivity index (χ0n) is 23.8. The number of hydrogen-bond donors (Lipinski definition) is 2. The Morgan fingerprint density at radius 2 is 1.88 bits per heavy atom. The number of halogens is 2. The molecule has 0 spiro atoms. The third kappa shape index (κ3) is 7.80. The fourth-order valence-electron chi connectivity index (χ4n) is 4.42. The second-order valence-electron chi connectivity index (χ2n) is 10.6. The van der Waals surface area contributed by atoms with Crippen LogP contribution in [0.25, 0.3) is 0 Å². The summed E-state index contributed by atoms with van der Waals surface area (Å²) in [5.74, 6) is -0.0482. The minimum atomic E-state index is -0.517. The van der Waals surface area contributed by atoms with Gasteiger partial charge in [-0.3, -0.25) is 4.79 Å². The molecule has 10 nitrogen and oxygen atoms in total. The van der Waals surface area contributed by atoms with E-state index in [1.54, 1.807) is 23.1 Å². The molecule has 0 radical (unpaired) electrons. The monoisotopic (exact) mass is 644 g/mol. The van der Waals surface area contributed by atoms with Gasteiger partial charge in [-0.1, -0.05) is 17.7 Å². The Bertz CT molecular complexity index is 1410. The van der Waals surface area contributed by atoms with Crippen LogP contribution in [0.5, 0.6) is 5.88 Å². The van der Waals surface area contributed by atoms with Gasteiger partial charge in [0.15, 0.2) is 0 Å². The molecule has 3 aromatic rings. The lowest BCUT2D eigenvalue weighted by molar-refractivity contribution is 0.0263. The van der Waals surface area contributed by atoms with E-state index >= 15 is 0 Å². The molecule has 2 heterocycles. The van der Waals surface area contributed by atoms with Crippen LogP contribution < -0.4 is 20.3 Å². The molecule has 12 heteroatoms. The van der Waals surface area contributed by atoms with Crippen LogP contribution in [0.3, 0.4) is 0 Å². The van der Waals surface area contributed by atoms with Gasteiger partial charge in [0.05, 0.1) is 17.8 Å². The summed E-state index contributed by atoms with van der Waals surface area (Å²) in [6.07, 6.45) is 1.98. The standard InChI is InChI=1S/C29H34BrClN6O4/c1-18-16-19(10-11-23(18)36-12-7-13-37(15-14-36)28(39)41-29(2,3)4)33-27-32-17-20(26(35-27)40-5)25(38)34-24-21(30)8-6-9-22(24)31/h6,8-11,16-17H,7,12-15H2,1-5H3,(H,34,38)(H,32,33,35). The van der Waals surface area contributed by atoms with Crippen LogP contribution in [0.15, 0.2) is 47.1 Å². The summed E-state index contributed by atoms with van der Waals surface area (Å²) in [5.41, 5.74) is 3.04. The molecule has 2 amide bonds. The van der Waals surface area contributed by atoms with Crippen LogP contribution >= 0.6 is 27.5 Å². The summed E-state index contributed by atoms with van der Waals surface area (Å²) >= 11 is 9.63. The van der Waals surface area contributed by atoms with Gasteiger partial charge in [0.1, 0.15) is 11.2 Å². The van der Waals surface area contributed by atoms with Gasteiger partial charge >= 0.3 is 6.09 Å². The summed E-state index contributed by atoms with van der Waals surface area (Å²) in [6.45, 7) is 10.5. The van der Waals surface area contributed by atoms with Gasteiger partial charge in [0.2, 0.25) is 11.8 Å². The van der Waals surface area contributed by atoms with Crippen molar-refractivity contribution in [3.63, 3.8) is 0 Å². The smallest absolute Gasteiger partial charge is 0.410 e. The average molecular weight is 646 g/mol. The highest BCUT2D eigenvalue weighted by atomic mass is 79.9. The minimum absolute atomic E-state index is 0.121. The van der Waals surface area contributed by atoms with Crippen LogP contribution in [0, 0.1) is 6.92 Å². The number of rotatable bonds is 6. The van der Waals surface area contributed by atoms with E-state index in [1.807, 2.05) is 45.9 Å². The molecule has 1 saturated heterocycles. The van der Waals surface area contributed by atoms with Gasteiger partial charge < -0.3 is 29.9 Å². The van der Waals surface area contributed by atoms with Crippen LogP contribution in [-0.4, -0.2) is 65.8 Å². The highest BCUT2D eigenvalue weighted by Crippen LogP contribution is 2.32. The molecule has 41 heavy (non-hydrogen) atoms. The zero-order valence-corrected chi connectivity index (χ0v) is 26.1. The summed E-state index contributed by atoms with van der Waals surface area (Å²) in [6, 6.07) is 11.2. The molecular weight excluding hydrogens is 612 g/mol. The third-order valence-corrected chi connectivity index (χ3v) is 7.31. The number of para-hydroxylation sites is 1. The number of benzene rings is 2. The molecule has 0 aliphatic carbocycles. The number of nitrogens with one attached hydrogen (secondary N) is 2. The summed E-state index contributed by atoms with van der Waals surface area (Å²) < 4.78 is 11.6. The van der Waals surface area contributed by atoms with Crippen molar-refractivity contribution in [1.82, 2.24) is 14.9 Å².